The lowest BCUT2D eigenvalue weighted by molar-refractivity contribution is -0.120. The van der Waals surface area contributed by atoms with Gasteiger partial charge >= 0.3 is 0 Å². The van der Waals surface area contributed by atoms with E-state index in [1.165, 1.54) is 11.8 Å². The zero-order chi connectivity index (χ0) is 18.9. The number of methoxy groups -OCH3 is 1. The number of nitrogens with one attached hydrogen (secondary N) is 1. The van der Waals surface area contributed by atoms with Gasteiger partial charge in [0.25, 0.3) is 0 Å². The van der Waals surface area contributed by atoms with Crippen LogP contribution in [-0.2, 0) is 10.5 Å². The molecule has 7 heteroatoms. The first kappa shape index (κ1) is 21.3. The molecule has 140 valence electrons. The van der Waals surface area contributed by atoms with Gasteiger partial charge in [-0.15, -0.1) is 11.8 Å². The molecule has 2 aromatic carbocycles. The molecular weight excluding hydrogens is 409 g/mol. The van der Waals surface area contributed by atoms with Gasteiger partial charge in [0.2, 0.25) is 5.91 Å². The minimum atomic E-state index is -0.150. The lowest BCUT2D eigenvalue weighted by Gasteiger charge is -2.12. The van der Waals surface area contributed by atoms with Crippen molar-refractivity contribution in [2.75, 3.05) is 19.4 Å². The standard InChI is InChI=1S/C19H21Cl2NO2S2/c1-13(26-16-6-4-15(24-2)5-7-16)19(23)22-9-10-25-12-14-3-8-17(20)18(21)11-14/h3-8,11,13H,9-10,12H2,1-2H3,(H,22,23)/t13-/m0/s1. The molecule has 0 saturated carbocycles. The summed E-state index contributed by atoms with van der Waals surface area (Å²) in [7, 11) is 1.64. The number of carbonyl (C=O) groups excluding carboxylic acids is 1. The Balaban J connectivity index is 1.66. The summed E-state index contributed by atoms with van der Waals surface area (Å²) in [5, 5.41) is 3.97. The summed E-state index contributed by atoms with van der Waals surface area (Å²) in [4.78, 5) is 13.2. The van der Waals surface area contributed by atoms with Crippen LogP contribution in [0.1, 0.15) is 12.5 Å². The van der Waals surface area contributed by atoms with Gasteiger partial charge < -0.3 is 10.1 Å². The highest BCUT2D eigenvalue weighted by Gasteiger charge is 2.13. The third kappa shape index (κ3) is 6.95. The van der Waals surface area contributed by atoms with Crippen molar-refractivity contribution in [2.45, 2.75) is 22.8 Å². The zero-order valence-corrected chi connectivity index (χ0v) is 17.8. The number of amides is 1. The lowest BCUT2D eigenvalue weighted by Crippen LogP contribution is -2.32. The molecule has 0 aromatic heterocycles. The fourth-order valence-electron chi connectivity index (χ4n) is 2.12. The van der Waals surface area contributed by atoms with E-state index < -0.39 is 0 Å². The van der Waals surface area contributed by atoms with Gasteiger partial charge in [0.1, 0.15) is 5.75 Å². The second kappa shape index (κ2) is 11.0. The van der Waals surface area contributed by atoms with E-state index >= 15 is 0 Å². The maximum atomic E-state index is 12.2. The summed E-state index contributed by atoms with van der Waals surface area (Å²) in [6, 6.07) is 13.4. The van der Waals surface area contributed by atoms with E-state index in [1.54, 1.807) is 24.9 Å². The van der Waals surface area contributed by atoms with Crippen molar-refractivity contribution in [3.8, 4) is 5.75 Å². The van der Waals surface area contributed by atoms with Crippen molar-refractivity contribution in [1.29, 1.82) is 0 Å². The SMILES string of the molecule is COc1ccc(S[C@@H](C)C(=O)NCCSCc2ccc(Cl)c(Cl)c2)cc1. The van der Waals surface area contributed by atoms with E-state index in [0.717, 1.165) is 27.7 Å². The minimum absolute atomic E-state index is 0.0426. The van der Waals surface area contributed by atoms with Gasteiger partial charge in [-0.25, -0.2) is 0 Å². The van der Waals surface area contributed by atoms with Crippen LogP contribution in [0, 0.1) is 0 Å². The Kier molecular flexibility index (Phi) is 8.99. The molecule has 0 radical (unpaired) electrons. The van der Waals surface area contributed by atoms with Crippen molar-refractivity contribution in [1.82, 2.24) is 5.32 Å². The molecule has 0 saturated heterocycles. The fraction of sp³-hybridized carbons (Fsp3) is 0.316. The molecule has 1 atom stereocenters. The monoisotopic (exact) mass is 429 g/mol. The summed E-state index contributed by atoms with van der Waals surface area (Å²) in [6.45, 7) is 2.55. The van der Waals surface area contributed by atoms with Gasteiger partial charge in [0, 0.05) is 22.9 Å². The summed E-state index contributed by atoms with van der Waals surface area (Å²) in [6.07, 6.45) is 0. The second-order valence-corrected chi connectivity index (χ2v) is 8.86. The highest BCUT2D eigenvalue weighted by Crippen LogP contribution is 2.26. The number of hydrogen-bond donors (Lipinski definition) is 1. The first-order chi connectivity index (χ1) is 12.5. The number of thioether (sulfide) groups is 2. The normalized spacial score (nSPS) is 11.8. The first-order valence-electron chi connectivity index (χ1n) is 8.09. The van der Waals surface area contributed by atoms with Crippen LogP contribution >= 0.6 is 46.7 Å². The molecule has 0 aliphatic heterocycles. The number of hydrogen-bond acceptors (Lipinski definition) is 4. The van der Waals surface area contributed by atoms with Crippen LogP contribution in [0.3, 0.4) is 0 Å². The Morgan fingerprint density at radius 3 is 2.54 bits per heavy atom. The molecule has 0 aliphatic rings. The Hall–Kier alpha value is -1.01. The van der Waals surface area contributed by atoms with Crippen LogP contribution in [0.15, 0.2) is 47.4 Å². The quantitative estimate of drug-likeness (QED) is 0.419. The van der Waals surface area contributed by atoms with Gasteiger partial charge in [-0.2, -0.15) is 11.8 Å². The molecule has 3 nitrogen and oxygen atoms in total. The minimum Gasteiger partial charge on any atom is -0.497 e. The number of ether oxygens (including phenoxy) is 1. The molecule has 1 amide bonds. The highest BCUT2D eigenvalue weighted by atomic mass is 35.5. The number of carbonyl (C=O) groups is 1. The summed E-state index contributed by atoms with van der Waals surface area (Å²) in [5.41, 5.74) is 1.12. The van der Waals surface area contributed by atoms with Gasteiger partial charge in [0.15, 0.2) is 0 Å². The van der Waals surface area contributed by atoms with Gasteiger partial charge in [-0.05, 0) is 48.9 Å². The van der Waals surface area contributed by atoms with E-state index in [0.29, 0.717) is 16.6 Å². The summed E-state index contributed by atoms with van der Waals surface area (Å²) in [5.74, 6) is 2.53. The van der Waals surface area contributed by atoms with Crippen molar-refractivity contribution in [3.05, 3.63) is 58.1 Å². The van der Waals surface area contributed by atoms with E-state index in [9.17, 15) is 4.79 Å². The van der Waals surface area contributed by atoms with Gasteiger partial charge in [-0.3, -0.25) is 4.79 Å². The molecule has 0 unspecified atom stereocenters. The maximum Gasteiger partial charge on any atom is 0.233 e. The van der Waals surface area contributed by atoms with Crippen LogP contribution in [-0.4, -0.2) is 30.6 Å². The first-order valence-corrected chi connectivity index (χ1v) is 10.9. The lowest BCUT2D eigenvalue weighted by atomic mass is 10.2. The van der Waals surface area contributed by atoms with Crippen molar-refractivity contribution in [3.63, 3.8) is 0 Å². The molecular formula is C19H21Cl2NO2S2. The van der Waals surface area contributed by atoms with Crippen LogP contribution in [0.25, 0.3) is 0 Å². The molecule has 2 aromatic rings. The molecule has 1 N–H and O–H groups in total. The molecule has 0 fully saturated rings. The topological polar surface area (TPSA) is 38.3 Å². The molecule has 0 bridgehead atoms. The Morgan fingerprint density at radius 2 is 1.88 bits per heavy atom. The molecule has 26 heavy (non-hydrogen) atoms. The number of benzene rings is 2. The van der Waals surface area contributed by atoms with Crippen molar-refractivity contribution in [2.24, 2.45) is 0 Å². The molecule has 0 spiro atoms. The third-order valence-electron chi connectivity index (χ3n) is 3.54. The van der Waals surface area contributed by atoms with Crippen molar-refractivity contribution >= 4 is 52.6 Å². The largest absolute Gasteiger partial charge is 0.497 e. The maximum absolute atomic E-state index is 12.2. The number of rotatable bonds is 9. The predicted octanol–water partition coefficient (Wildman–Crippen LogP) is 5.53. The van der Waals surface area contributed by atoms with E-state index in [2.05, 4.69) is 5.32 Å². The Morgan fingerprint density at radius 1 is 1.15 bits per heavy atom. The van der Waals surface area contributed by atoms with Crippen LogP contribution in [0.5, 0.6) is 5.75 Å². The van der Waals surface area contributed by atoms with Crippen molar-refractivity contribution < 1.29 is 9.53 Å². The molecule has 0 aliphatic carbocycles. The highest BCUT2D eigenvalue weighted by molar-refractivity contribution is 8.00. The van der Waals surface area contributed by atoms with Gasteiger partial charge in [0.05, 0.1) is 22.4 Å². The van der Waals surface area contributed by atoms with E-state index in [4.69, 9.17) is 27.9 Å². The Bertz CT molecular complexity index is 726. The van der Waals surface area contributed by atoms with E-state index in [1.807, 2.05) is 43.3 Å². The summed E-state index contributed by atoms with van der Waals surface area (Å²) >= 11 is 15.2. The second-order valence-electron chi connectivity index (χ2n) is 5.53. The third-order valence-corrected chi connectivity index (χ3v) is 6.42. The van der Waals surface area contributed by atoms with Crippen LogP contribution in [0.2, 0.25) is 10.0 Å². The average molecular weight is 430 g/mol. The Labute approximate surface area is 173 Å². The zero-order valence-electron chi connectivity index (χ0n) is 14.6. The van der Waals surface area contributed by atoms with E-state index in [-0.39, 0.29) is 11.2 Å². The van der Waals surface area contributed by atoms with Crippen LogP contribution in [0.4, 0.5) is 0 Å². The van der Waals surface area contributed by atoms with Crippen LogP contribution < -0.4 is 10.1 Å². The molecule has 0 heterocycles. The smallest absolute Gasteiger partial charge is 0.233 e. The van der Waals surface area contributed by atoms with Gasteiger partial charge in [-0.1, -0.05) is 29.3 Å². The summed E-state index contributed by atoms with van der Waals surface area (Å²) < 4.78 is 5.14. The molecule has 2 rings (SSSR count). The fourth-order valence-corrected chi connectivity index (χ4v) is 4.14. The number of halogens is 2. The predicted molar refractivity (Wildman–Crippen MR) is 114 cm³/mol. The average Bonchev–Trinajstić information content (AvgIpc) is 2.64.